The van der Waals surface area contributed by atoms with Gasteiger partial charge in [-0.2, -0.15) is 12.9 Å². The van der Waals surface area contributed by atoms with Gasteiger partial charge in [-0.25, -0.2) is 39.4 Å². The van der Waals surface area contributed by atoms with Gasteiger partial charge in [0.25, 0.3) is 0 Å². The van der Waals surface area contributed by atoms with Crippen molar-refractivity contribution in [2.75, 3.05) is 13.4 Å². The van der Waals surface area contributed by atoms with Crippen molar-refractivity contribution in [2.24, 2.45) is 5.84 Å². The summed E-state index contributed by atoms with van der Waals surface area (Å²) in [6.45, 7) is 5.87. The minimum atomic E-state index is -3.73. The van der Waals surface area contributed by atoms with Gasteiger partial charge in [0.15, 0.2) is 11.6 Å². The van der Waals surface area contributed by atoms with Crippen LogP contribution in [0.4, 0.5) is 0 Å². The van der Waals surface area contributed by atoms with Gasteiger partial charge in [-0.3, -0.25) is 20.9 Å². The van der Waals surface area contributed by atoms with Gasteiger partial charge in [-0.15, -0.1) is 11.6 Å². The number of fused-ring (bicyclic) bond motifs is 8. The number of nitrogens with one attached hydrogen (secondary N) is 1. The van der Waals surface area contributed by atoms with E-state index in [0.29, 0.717) is 57.6 Å². The number of carbonyl (C=O) groups is 2. The van der Waals surface area contributed by atoms with E-state index in [9.17, 15) is 39.9 Å². The molecule has 6 bridgehead atoms. The molecule has 0 aliphatic carbocycles. The molecule has 0 saturated carbocycles. The molecule has 5 fully saturated rings. The van der Waals surface area contributed by atoms with Gasteiger partial charge < -0.3 is 5.11 Å². The molecule has 6 atom stereocenters. The number of rotatable bonds is 6. The Kier molecular flexibility index (Phi) is 27.6. The van der Waals surface area contributed by atoms with Gasteiger partial charge in [-0.1, -0.05) is 60.3 Å². The van der Waals surface area contributed by atoms with E-state index in [1.165, 1.54) is 56.9 Å². The third-order valence-electron chi connectivity index (χ3n) is 13.5. The smallest absolute Gasteiger partial charge is 0.243 e. The molecule has 3 aromatic carbocycles. The Morgan fingerprint density at radius 1 is 0.620 bits per heavy atom. The first kappa shape index (κ1) is 68.7. The number of sulfonamides is 3. The van der Waals surface area contributed by atoms with E-state index in [2.05, 4.69) is 54.2 Å². The Labute approximate surface area is 500 Å². The zero-order valence-corrected chi connectivity index (χ0v) is 52.4. The Bertz CT molecular complexity index is 3000. The molecule has 4 aromatic rings. The van der Waals surface area contributed by atoms with Crippen molar-refractivity contribution in [3.8, 4) is 0 Å². The van der Waals surface area contributed by atoms with Gasteiger partial charge >= 0.3 is 0 Å². The van der Waals surface area contributed by atoms with Crippen molar-refractivity contribution in [3.63, 3.8) is 0 Å². The molecule has 6 aliphatic rings. The van der Waals surface area contributed by atoms with Gasteiger partial charge in [-0.05, 0) is 145 Å². The first-order chi connectivity index (χ1) is 37.5. The third-order valence-corrected chi connectivity index (χ3v) is 20.4. The number of piperidine rings is 5. The number of hydrogen-bond acceptors (Lipinski definition) is 14. The van der Waals surface area contributed by atoms with E-state index in [1.807, 2.05) is 20.8 Å². The molecule has 6 aliphatic heterocycles. The van der Waals surface area contributed by atoms with Crippen molar-refractivity contribution >= 4 is 130 Å². The fraction of sp³-hybridized carbons (Fsp3) is 0.451. The number of benzene rings is 3. The van der Waals surface area contributed by atoms with Crippen LogP contribution in [0.2, 0.25) is 15.1 Å². The highest BCUT2D eigenvalue weighted by Crippen LogP contribution is 2.45. The summed E-state index contributed by atoms with van der Waals surface area (Å²) < 4.78 is 91.9. The molecule has 0 radical (unpaired) electrons. The fourth-order valence-corrected chi connectivity index (χ4v) is 16.6. The molecule has 5 saturated heterocycles. The average molecular weight is 1310 g/mol. The number of aliphatic hydroxyl groups is 1. The van der Waals surface area contributed by atoms with Crippen molar-refractivity contribution < 1.29 is 44.2 Å². The molecule has 17 nitrogen and oxygen atoms in total. The van der Waals surface area contributed by atoms with E-state index < -0.39 is 51.4 Å². The number of nitrogens with two attached hydrogens (primary N) is 1. The summed E-state index contributed by atoms with van der Waals surface area (Å²) in [6.07, 6.45) is 12.0. The Morgan fingerprint density at radius 3 is 1.29 bits per heavy atom. The summed E-state index contributed by atoms with van der Waals surface area (Å²) in [5.74, 6) is 5.12. The second-order valence-corrected chi connectivity index (χ2v) is 27.6. The SMILES string of the molecule is CC.CCl.CNN.Cc1ncc2c(n1)CC1CCCC2N1S(=O)(=O)c1ccc(Cl)cc1.O=C1CC2CCCC(/C1=C/O)N2S(=O)(=O)c1ccc(Cl)cc1.O=C1CC2CCCC(C1=CCl)N2S(=O)(=O)c1ccc(Cl)cc1.O=S(Cl)Cl. The molecule has 0 amide bonds. The predicted molar refractivity (Wildman–Crippen MR) is 315 cm³/mol. The topological polar surface area (TPSA) is 247 Å². The first-order valence-electron chi connectivity index (χ1n) is 24.9. The third kappa shape index (κ3) is 16.9. The van der Waals surface area contributed by atoms with E-state index in [4.69, 9.17) is 50.6 Å². The number of nitrogens with zero attached hydrogens (tertiary/aromatic N) is 5. The number of aliphatic hydroxyl groups excluding tert-OH is 1. The largest absolute Gasteiger partial charge is 0.515 e. The number of Topliss-reactive ketones (excluding diaryl/α,β-unsaturated/α-hetero) is 2. The number of aromatic nitrogens is 2. The number of hydrogen-bond donors (Lipinski definition) is 3. The van der Waals surface area contributed by atoms with Crippen LogP contribution in [0, 0.1) is 6.92 Å². The first-order valence-corrected chi connectivity index (χ1v) is 34.4. The minimum Gasteiger partial charge on any atom is -0.515 e. The van der Waals surface area contributed by atoms with E-state index in [1.54, 1.807) is 53.9 Å². The van der Waals surface area contributed by atoms with Gasteiger partial charge in [0, 0.05) is 109 Å². The lowest BCUT2D eigenvalue weighted by Crippen LogP contribution is -2.56. The summed E-state index contributed by atoms with van der Waals surface area (Å²) in [5.41, 5.74) is 6.02. The Hall–Kier alpha value is -2.81. The number of hydrazine groups is 1. The maximum Gasteiger partial charge on any atom is 0.243 e. The van der Waals surface area contributed by atoms with Crippen LogP contribution in [-0.2, 0) is 55.3 Å². The molecule has 6 unspecified atom stereocenters. The van der Waals surface area contributed by atoms with Crippen LogP contribution < -0.4 is 11.3 Å². The van der Waals surface area contributed by atoms with Gasteiger partial charge in [0.2, 0.25) is 39.3 Å². The molecular formula is C51H64Cl7N7O10S4. The van der Waals surface area contributed by atoms with Crippen LogP contribution in [0.3, 0.4) is 0 Å². The second kappa shape index (κ2) is 31.7. The monoisotopic (exact) mass is 1310 g/mol. The van der Waals surface area contributed by atoms with Gasteiger partial charge in [0.05, 0.1) is 44.8 Å². The zero-order valence-electron chi connectivity index (χ0n) is 43.8. The lowest BCUT2D eigenvalue weighted by Gasteiger charge is -2.45. The maximum absolute atomic E-state index is 13.2. The number of alkyl halides is 1. The highest BCUT2D eigenvalue weighted by molar-refractivity contribution is 8.26. The molecule has 436 valence electrons. The maximum atomic E-state index is 13.2. The Morgan fingerprint density at radius 2 is 0.937 bits per heavy atom. The van der Waals surface area contributed by atoms with Crippen LogP contribution in [0.1, 0.15) is 108 Å². The molecule has 1 aromatic heterocycles. The Balaban J connectivity index is 0.000000234. The quantitative estimate of drug-likeness (QED) is 0.0406. The van der Waals surface area contributed by atoms with Gasteiger partial charge in [0.1, 0.15) is 5.82 Å². The second-order valence-electron chi connectivity index (χ2n) is 18.1. The van der Waals surface area contributed by atoms with E-state index >= 15 is 0 Å². The minimum absolute atomic E-state index is 0.0359. The number of halogens is 7. The predicted octanol–water partition coefficient (Wildman–Crippen LogP) is 11.3. The standard InChI is InChI=1S/C17H18ClN3O2S.C15H15Cl2NO3S.C15H16ClNO4S.C2H6.CH3Cl.CH6N2.Cl2OS/c1-11-19-10-15-16(20-11)9-13-3-2-4-17(15)21(13)24(22,23)14-7-5-12(18)6-8-14;16-9-13-14-3-1-2-11(8-15(13)19)18(14)22(20,21)12-6-4-10(17)5-7-12;16-10-4-6-12(7-5-10)22(20,21)17-11-2-1-3-14(17)13(9-18)15(19)8-11;2*1-2;1-3-2;1-4(2)3/h5-8,10,13,17H,2-4,9H2,1H3;4-7,9,11,14H,1-3,8H2;4-7,9,11,14,18H,1-3,8H2;1-2H3;1H3;3H,2H2,1H3;/b;;13-9-;;;;. The summed E-state index contributed by atoms with van der Waals surface area (Å²) in [5, 5.41) is 10.8. The lowest BCUT2D eigenvalue weighted by atomic mass is 9.83. The van der Waals surface area contributed by atoms with Crippen molar-refractivity contribution in [1.29, 1.82) is 0 Å². The summed E-state index contributed by atoms with van der Waals surface area (Å²) >= 11 is 28.0. The summed E-state index contributed by atoms with van der Waals surface area (Å²) in [6, 6.07) is 16.6. The zero-order chi connectivity index (χ0) is 59.0. The molecule has 0 spiro atoms. The molecule has 10 rings (SSSR count). The highest BCUT2D eigenvalue weighted by atomic mass is 36.0. The van der Waals surface area contributed by atoms with Crippen LogP contribution in [-0.4, -0.2) is 113 Å². The molecule has 79 heavy (non-hydrogen) atoms. The molecule has 7 heterocycles. The normalized spacial score (nSPS) is 23.7. The van der Waals surface area contributed by atoms with Crippen LogP contribution in [0.15, 0.2) is 117 Å². The lowest BCUT2D eigenvalue weighted by molar-refractivity contribution is -0.120. The van der Waals surface area contributed by atoms with Crippen molar-refractivity contribution in [2.45, 2.75) is 149 Å². The van der Waals surface area contributed by atoms with Crippen molar-refractivity contribution in [1.82, 2.24) is 28.3 Å². The average Bonchev–Trinajstić information content (AvgIpc) is 3.47. The van der Waals surface area contributed by atoms with E-state index in [0.717, 1.165) is 55.4 Å². The number of aryl methyl sites for hydroxylation is 1. The molecule has 28 heteroatoms. The highest BCUT2D eigenvalue weighted by Gasteiger charge is 2.49. The molecular weight excluding hydrogens is 1250 g/mol. The fourth-order valence-electron chi connectivity index (χ4n) is 10.4. The number of ketones is 2. The van der Waals surface area contributed by atoms with E-state index in [-0.39, 0.29) is 63.9 Å². The van der Waals surface area contributed by atoms with Crippen LogP contribution in [0.5, 0.6) is 0 Å². The van der Waals surface area contributed by atoms with Crippen molar-refractivity contribution in [3.05, 3.63) is 134 Å². The van der Waals surface area contributed by atoms with Crippen LogP contribution in [0.25, 0.3) is 0 Å². The number of carbonyl (C=O) groups excluding carboxylic acids is 2. The molecule has 4 N–H and O–H groups in total. The summed E-state index contributed by atoms with van der Waals surface area (Å²) in [4.78, 5) is 33.6. The summed E-state index contributed by atoms with van der Waals surface area (Å²) in [7, 11) is -1.98. The van der Waals surface area contributed by atoms with Crippen LogP contribution >= 0.6 is 79.4 Å².